The Morgan fingerprint density at radius 3 is 1.86 bits per heavy atom. The number of hydrogen-bond acceptors (Lipinski definition) is 10. The first-order chi connectivity index (χ1) is 17.2. The van der Waals surface area contributed by atoms with E-state index in [4.69, 9.17) is 23.1 Å². The van der Waals surface area contributed by atoms with Crippen molar-refractivity contribution in [1.29, 1.82) is 0 Å². The highest BCUT2D eigenvalue weighted by Gasteiger charge is 2.47. The maximum Gasteiger partial charge on any atom is 0.303 e. The van der Waals surface area contributed by atoms with E-state index in [0.717, 1.165) is 24.9 Å². The Morgan fingerprint density at radius 2 is 1.31 bits per heavy atom. The molecule has 1 heterocycles. The van der Waals surface area contributed by atoms with E-state index < -0.39 is 42.5 Å². The highest BCUT2D eigenvalue weighted by molar-refractivity contribution is 7.95. The Morgan fingerprint density at radius 1 is 0.778 bits per heavy atom. The van der Waals surface area contributed by atoms with Gasteiger partial charge in [0.2, 0.25) is 12.2 Å². The van der Waals surface area contributed by atoms with Crippen LogP contribution in [0.2, 0.25) is 0 Å². The number of hydrogen-bond donors (Lipinski definition) is 1. The lowest BCUT2D eigenvalue weighted by atomic mass is 10.0. The molecule has 0 aromatic rings. The van der Waals surface area contributed by atoms with Gasteiger partial charge in [-0.15, -0.1) is 0 Å². The summed E-state index contributed by atoms with van der Waals surface area (Å²) in [6, 6.07) is 0. The van der Waals surface area contributed by atoms with Gasteiger partial charge in [-0.3, -0.25) is 23.4 Å². The molecule has 1 aliphatic heterocycles. The van der Waals surface area contributed by atoms with E-state index in [1.807, 2.05) is 0 Å². The molecule has 1 aliphatic rings. The van der Waals surface area contributed by atoms with Crippen LogP contribution >= 0.6 is 12.0 Å². The molecular weight excluding hydrogens is 490 g/mol. The molecule has 0 saturated carbocycles. The lowest BCUT2D eigenvalue weighted by molar-refractivity contribution is -0.257. The Kier molecular flexibility index (Phi) is 17.2. The normalized spacial score (nSPS) is 21.4. The quantitative estimate of drug-likeness (QED) is 0.120. The molecule has 1 saturated heterocycles. The van der Waals surface area contributed by atoms with Gasteiger partial charge >= 0.3 is 17.9 Å². The van der Waals surface area contributed by atoms with Crippen molar-refractivity contribution in [2.75, 3.05) is 18.9 Å². The van der Waals surface area contributed by atoms with Crippen LogP contribution in [-0.4, -0.2) is 67.3 Å². The molecule has 0 spiro atoms. The van der Waals surface area contributed by atoms with Gasteiger partial charge < -0.3 is 24.3 Å². The second kappa shape index (κ2) is 19.3. The van der Waals surface area contributed by atoms with Crippen LogP contribution in [0.25, 0.3) is 0 Å². The fourth-order valence-electron chi connectivity index (χ4n) is 3.84. The first-order valence-electron chi connectivity index (χ1n) is 12.9. The van der Waals surface area contributed by atoms with Crippen molar-refractivity contribution in [2.45, 2.75) is 117 Å². The number of ether oxygens (including phenoxy) is 4. The van der Waals surface area contributed by atoms with Gasteiger partial charge in [0.25, 0.3) is 0 Å². The van der Waals surface area contributed by atoms with Crippen molar-refractivity contribution in [3.8, 4) is 0 Å². The standard InChI is InChI=1S/C25H43NO9S/c1-5-6-7-8-9-10-11-12-13-14-15-26-22(30)17-36-35-25-24(34-20(4)29)23(33-19(3)28)21(16-31-25)32-18(2)27/h21,23-25H,5-17H2,1-4H3,(H,26,30)/t21-,23?,24+,25+/m1/s1. The van der Waals surface area contributed by atoms with Crippen molar-refractivity contribution in [3.63, 3.8) is 0 Å². The smallest absolute Gasteiger partial charge is 0.303 e. The van der Waals surface area contributed by atoms with Crippen molar-refractivity contribution in [2.24, 2.45) is 0 Å². The number of carbonyl (C=O) groups is 4. The molecule has 1 fully saturated rings. The Hall–Kier alpha value is -1.85. The minimum absolute atomic E-state index is 0.00994. The van der Waals surface area contributed by atoms with Gasteiger partial charge in [0.05, 0.1) is 12.4 Å². The van der Waals surface area contributed by atoms with Gasteiger partial charge in [-0.05, 0) is 6.42 Å². The van der Waals surface area contributed by atoms with E-state index in [1.165, 1.54) is 72.1 Å². The molecule has 1 N–H and O–H groups in total. The number of esters is 3. The topological polar surface area (TPSA) is 126 Å². The molecule has 36 heavy (non-hydrogen) atoms. The van der Waals surface area contributed by atoms with Crippen LogP contribution in [0.1, 0.15) is 91.9 Å². The van der Waals surface area contributed by atoms with E-state index in [2.05, 4.69) is 12.2 Å². The van der Waals surface area contributed by atoms with E-state index in [9.17, 15) is 19.2 Å². The van der Waals surface area contributed by atoms with Crippen molar-refractivity contribution in [3.05, 3.63) is 0 Å². The molecule has 0 radical (unpaired) electrons. The van der Waals surface area contributed by atoms with Gasteiger partial charge in [-0.1, -0.05) is 64.7 Å². The van der Waals surface area contributed by atoms with Gasteiger partial charge in [-0.2, -0.15) is 0 Å². The first-order valence-corrected chi connectivity index (χ1v) is 13.8. The zero-order valence-corrected chi connectivity index (χ0v) is 22.9. The summed E-state index contributed by atoms with van der Waals surface area (Å²) in [4.78, 5) is 46.8. The molecule has 11 heteroatoms. The lowest BCUT2D eigenvalue weighted by Crippen LogP contribution is -2.57. The molecule has 0 aromatic carbocycles. The number of carbonyl (C=O) groups excluding carboxylic acids is 4. The summed E-state index contributed by atoms with van der Waals surface area (Å²) in [6.07, 6.45) is 7.90. The van der Waals surface area contributed by atoms with Crippen LogP contribution in [0.3, 0.4) is 0 Å². The van der Waals surface area contributed by atoms with Gasteiger partial charge in [0, 0.05) is 39.4 Å². The molecule has 208 valence electrons. The van der Waals surface area contributed by atoms with E-state index in [-0.39, 0.29) is 18.3 Å². The molecule has 1 unspecified atom stereocenters. The SMILES string of the molecule is CCCCCCCCCCCCNC(=O)CSO[C@@H]1OC[C@@H](OC(C)=O)C(OC(C)=O)[C@@H]1OC(C)=O. The monoisotopic (exact) mass is 533 g/mol. The number of amides is 1. The summed E-state index contributed by atoms with van der Waals surface area (Å²) in [5.41, 5.74) is 0. The van der Waals surface area contributed by atoms with E-state index in [0.29, 0.717) is 6.54 Å². The molecule has 4 atom stereocenters. The largest absolute Gasteiger partial charge is 0.456 e. The van der Waals surface area contributed by atoms with Gasteiger partial charge in [-0.25, -0.2) is 0 Å². The van der Waals surface area contributed by atoms with Crippen LogP contribution in [0, 0.1) is 0 Å². The van der Waals surface area contributed by atoms with Gasteiger partial charge in [0.15, 0.2) is 18.3 Å². The summed E-state index contributed by atoms with van der Waals surface area (Å²) >= 11 is 0.841. The van der Waals surface area contributed by atoms with E-state index >= 15 is 0 Å². The van der Waals surface area contributed by atoms with Crippen LogP contribution in [0.15, 0.2) is 0 Å². The van der Waals surface area contributed by atoms with Gasteiger partial charge in [0.1, 0.15) is 0 Å². The zero-order valence-electron chi connectivity index (χ0n) is 22.1. The second-order valence-electron chi connectivity index (χ2n) is 8.89. The zero-order chi connectivity index (χ0) is 26.8. The summed E-state index contributed by atoms with van der Waals surface area (Å²) in [6.45, 7) is 6.27. The third-order valence-electron chi connectivity index (χ3n) is 5.51. The molecule has 1 rings (SSSR count). The molecule has 0 bridgehead atoms. The average Bonchev–Trinajstić information content (AvgIpc) is 2.80. The Balaban J connectivity index is 2.34. The maximum absolute atomic E-state index is 12.1. The fraction of sp³-hybridized carbons (Fsp3) is 0.840. The summed E-state index contributed by atoms with van der Waals surface area (Å²) < 4.78 is 26.8. The molecule has 10 nitrogen and oxygen atoms in total. The summed E-state index contributed by atoms with van der Waals surface area (Å²) in [5.74, 6) is -2.08. The third kappa shape index (κ3) is 14.6. The fourth-order valence-corrected chi connectivity index (χ4v) is 4.41. The molecular formula is C25H43NO9S. The number of nitrogens with one attached hydrogen (secondary N) is 1. The summed E-state index contributed by atoms with van der Waals surface area (Å²) in [7, 11) is 0. The Labute approximate surface area is 219 Å². The first kappa shape index (κ1) is 32.2. The second-order valence-corrected chi connectivity index (χ2v) is 9.60. The van der Waals surface area contributed by atoms with Crippen LogP contribution in [0.4, 0.5) is 0 Å². The molecule has 0 aromatic heterocycles. The van der Waals surface area contributed by atoms with Crippen molar-refractivity contribution >= 4 is 35.9 Å². The molecule has 1 amide bonds. The van der Waals surface area contributed by atoms with E-state index in [1.54, 1.807) is 0 Å². The predicted molar refractivity (Wildman–Crippen MR) is 135 cm³/mol. The van der Waals surface area contributed by atoms with Crippen LogP contribution in [-0.2, 0) is 42.3 Å². The van der Waals surface area contributed by atoms with Crippen molar-refractivity contribution in [1.82, 2.24) is 5.32 Å². The minimum atomic E-state index is -1.17. The highest BCUT2D eigenvalue weighted by Crippen LogP contribution is 2.27. The lowest BCUT2D eigenvalue weighted by Gasteiger charge is -2.39. The average molecular weight is 534 g/mol. The minimum Gasteiger partial charge on any atom is -0.456 e. The number of unbranched alkanes of at least 4 members (excludes halogenated alkanes) is 9. The maximum atomic E-state index is 12.1. The molecule has 0 aliphatic carbocycles. The Bertz CT molecular complexity index is 676. The van der Waals surface area contributed by atoms with Crippen LogP contribution in [0.5, 0.6) is 0 Å². The summed E-state index contributed by atoms with van der Waals surface area (Å²) in [5, 5.41) is 2.86. The predicted octanol–water partition coefficient (Wildman–Crippen LogP) is 3.84. The highest BCUT2D eigenvalue weighted by atomic mass is 32.2. The van der Waals surface area contributed by atoms with Crippen molar-refractivity contribution < 1.29 is 42.3 Å². The van der Waals surface area contributed by atoms with Crippen LogP contribution < -0.4 is 5.32 Å². The number of rotatable bonds is 18. The third-order valence-corrected chi connectivity index (χ3v) is 6.22.